The molecule has 0 unspecified atom stereocenters. The number of aromatic amines is 1. The molecule has 0 aliphatic carbocycles. The quantitative estimate of drug-likeness (QED) is 0.390. The van der Waals surface area contributed by atoms with E-state index >= 15 is 0 Å². The van der Waals surface area contributed by atoms with Gasteiger partial charge in [-0.1, -0.05) is 37.6 Å². The third-order valence-electron chi connectivity index (χ3n) is 4.85. The number of benzene rings is 2. The maximum atomic E-state index is 12.2. The number of nitrogens with zero attached hydrogens (tertiary/aromatic N) is 2. The molecular weight excluding hydrogens is 402 g/mol. The molecule has 4 N–H and O–H groups in total. The Labute approximate surface area is 180 Å². The fourth-order valence-corrected chi connectivity index (χ4v) is 3.36. The number of carbonyl (C=O) groups excluding carboxylic acids is 1. The lowest BCUT2D eigenvalue weighted by molar-refractivity contribution is 0.0972. The van der Waals surface area contributed by atoms with Crippen LogP contribution in [0.25, 0.3) is 10.9 Å². The van der Waals surface area contributed by atoms with Gasteiger partial charge in [0.25, 0.3) is 5.91 Å². The Morgan fingerprint density at radius 2 is 1.87 bits per heavy atom. The first-order valence-corrected chi connectivity index (χ1v) is 10.2. The van der Waals surface area contributed by atoms with Crippen LogP contribution in [-0.4, -0.2) is 41.9 Å². The average molecular weight is 428 g/mol. The Balaban J connectivity index is 1.77. The third kappa shape index (κ3) is 5.11. The number of ether oxygens (including phenoxy) is 1. The van der Waals surface area contributed by atoms with Crippen molar-refractivity contribution in [2.75, 3.05) is 20.1 Å². The van der Waals surface area contributed by atoms with Gasteiger partial charge in [0.2, 0.25) is 0 Å². The zero-order chi connectivity index (χ0) is 21.7. The second kappa shape index (κ2) is 9.65. The zero-order valence-corrected chi connectivity index (χ0v) is 18.1. The second-order valence-corrected chi connectivity index (χ2v) is 7.23. The number of aliphatic imine (C=N–C) groups is 1. The molecule has 0 fully saturated rings. The van der Waals surface area contributed by atoms with Crippen molar-refractivity contribution in [3.63, 3.8) is 0 Å². The molecule has 1 heterocycles. The highest BCUT2D eigenvalue weighted by atomic mass is 35.5. The van der Waals surface area contributed by atoms with Crippen molar-refractivity contribution < 1.29 is 9.53 Å². The van der Waals surface area contributed by atoms with Crippen LogP contribution in [0.4, 0.5) is 0 Å². The van der Waals surface area contributed by atoms with E-state index in [1.165, 1.54) is 12.6 Å². The van der Waals surface area contributed by atoms with E-state index in [0.717, 1.165) is 25.0 Å². The van der Waals surface area contributed by atoms with Crippen molar-refractivity contribution >= 4 is 34.4 Å². The predicted molar refractivity (Wildman–Crippen MR) is 121 cm³/mol. The van der Waals surface area contributed by atoms with Gasteiger partial charge in [0.15, 0.2) is 5.96 Å². The summed E-state index contributed by atoms with van der Waals surface area (Å²) in [6, 6.07) is 13.2. The molecule has 3 rings (SSSR count). The minimum absolute atomic E-state index is 0.0400. The first-order chi connectivity index (χ1) is 14.4. The largest absolute Gasteiger partial charge is 0.457 e. The number of nitrogens with one attached hydrogen (secondary N) is 2. The third-order valence-corrected chi connectivity index (χ3v) is 5.16. The fraction of sp³-hybridized carbons (Fsp3) is 0.273. The van der Waals surface area contributed by atoms with Gasteiger partial charge in [-0.15, -0.1) is 0 Å². The van der Waals surface area contributed by atoms with Crippen molar-refractivity contribution in [1.82, 2.24) is 15.2 Å². The topological polar surface area (TPSA) is 95.7 Å². The van der Waals surface area contributed by atoms with Gasteiger partial charge in [0, 0.05) is 31.1 Å². The van der Waals surface area contributed by atoms with Crippen LogP contribution >= 0.6 is 11.6 Å². The molecule has 7 nitrogen and oxygen atoms in total. The van der Waals surface area contributed by atoms with Crippen LogP contribution in [0, 0.1) is 0 Å². The van der Waals surface area contributed by atoms with Crippen LogP contribution in [-0.2, 0) is 6.54 Å². The zero-order valence-electron chi connectivity index (χ0n) is 17.3. The maximum Gasteiger partial charge on any atom is 0.274 e. The Kier molecular flexibility index (Phi) is 6.97. The van der Waals surface area contributed by atoms with E-state index in [2.05, 4.69) is 46.2 Å². The smallest absolute Gasteiger partial charge is 0.274 e. The van der Waals surface area contributed by atoms with Crippen molar-refractivity contribution in [2.24, 2.45) is 10.7 Å². The summed E-state index contributed by atoms with van der Waals surface area (Å²) in [5, 5.41) is 3.69. The van der Waals surface area contributed by atoms with Crippen LogP contribution < -0.4 is 15.8 Å². The summed E-state index contributed by atoms with van der Waals surface area (Å²) in [6.07, 6.45) is 0. The lowest BCUT2D eigenvalue weighted by Gasteiger charge is -2.18. The molecule has 0 radical (unpaired) electrons. The maximum absolute atomic E-state index is 12.2. The molecule has 30 heavy (non-hydrogen) atoms. The normalized spacial score (nSPS) is 11.8. The fourth-order valence-electron chi connectivity index (χ4n) is 3.09. The van der Waals surface area contributed by atoms with Crippen molar-refractivity contribution in [2.45, 2.75) is 20.4 Å². The van der Waals surface area contributed by atoms with Crippen molar-refractivity contribution in [3.05, 3.63) is 58.7 Å². The summed E-state index contributed by atoms with van der Waals surface area (Å²) in [7, 11) is 1.50. The van der Waals surface area contributed by atoms with Crippen LogP contribution in [0.2, 0.25) is 5.02 Å². The molecule has 3 aromatic rings. The monoisotopic (exact) mass is 427 g/mol. The van der Waals surface area contributed by atoms with E-state index in [9.17, 15) is 4.79 Å². The van der Waals surface area contributed by atoms with Gasteiger partial charge in [-0.3, -0.25) is 20.0 Å². The molecule has 0 saturated carbocycles. The van der Waals surface area contributed by atoms with Crippen LogP contribution in [0.15, 0.2) is 47.5 Å². The molecule has 0 atom stereocenters. The van der Waals surface area contributed by atoms with Gasteiger partial charge in [-0.2, -0.15) is 0 Å². The van der Waals surface area contributed by atoms with Gasteiger partial charge < -0.3 is 15.5 Å². The lowest BCUT2D eigenvalue weighted by Crippen LogP contribution is -2.36. The summed E-state index contributed by atoms with van der Waals surface area (Å²) in [5.41, 5.74) is 7.80. The SMILES string of the molecule is CCN(CC)Cc1ccc(Oc2cc(Cl)c3cc(C(=O)NC(N)=NC)[nH]c3c2)cc1. The number of carbonyl (C=O) groups is 1. The molecule has 1 aromatic heterocycles. The number of hydrogen-bond donors (Lipinski definition) is 3. The highest BCUT2D eigenvalue weighted by molar-refractivity contribution is 6.35. The van der Waals surface area contributed by atoms with Crippen molar-refractivity contribution in [3.8, 4) is 11.5 Å². The lowest BCUT2D eigenvalue weighted by atomic mass is 10.2. The van der Waals surface area contributed by atoms with E-state index in [4.69, 9.17) is 22.1 Å². The predicted octanol–water partition coefficient (Wildman–Crippen LogP) is 4.13. The van der Waals surface area contributed by atoms with E-state index in [0.29, 0.717) is 27.7 Å². The van der Waals surface area contributed by atoms with Gasteiger partial charge in [-0.25, -0.2) is 0 Å². The van der Waals surface area contributed by atoms with E-state index in [1.54, 1.807) is 18.2 Å². The number of hydrogen-bond acceptors (Lipinski definition) is 4. The minimum atomic E-state index is -0.392. The van der Waals surface area contributed by atoms with Gasteiger partial charge in [-0.05, 0) is 36.9 Å². The van der Waals surface area contributed by atoms with Crippen LogP contribution in [0.5, 0.6) is 11.5 Å². The number of guanidine groups is 1. The van der Waals surface area contributed by atoms with E-state index in [-0.39, 0.29) is 5.96 Å². The van der Waals surface area contributed by atoms with E-state index < -0.39 is 5.91 Å². The first-order valence-electron chi connectivity index (χ1n) is 9.78. The highest BCUT2D eigenvalue weighted by Crippen LogP contribution is 2.32. The van der Waals surface area contributed by atoms with Crippen LogP contribution in [0.3, 0.4) is 0 Å². The number of amides is 1. The summed E-state index contributed by atoms with van der Waals surface area (Å²) < 4.78 is 5.97. The Hall–Kier alpha value is -3.03. The van der Waals surface area contributed by atoms with Crippen LogP contribution in [0.1, 0.15) is 29.9 Å². The highest BCUT2D eigenvalue weighted by Gasteiger charge is 2.14. The molecule has 0 aliphatic rings. The minimum Gasteiger partial charge on any atom is -0.457 e. The molecule has 0 saturated heterocycles. The summed E-state index contributed by atoms with van der Waals surface area (Å²) in [6.45, 7) is 7.25. The molecule has 1 amide bonds. The average Bonchev–Trinajstić information content (AvgIpc) is 3.18. The van der Waals surface area contributed by atoms with Gasteiger partial charge in [0.1, 0.15) is 17.2 Å². The molecule has 0 spiro atoms. The van der Waals surface area contributed by atoms with E-state index in [1.807, 2.05) is 12.1 Å². The Bertz CT molecular complexity index is 1060. The number of halogens is 1. The summed E-state index contributed by atoms with van der Waals surface area (Å²) >= 11 is 6.41. The van der Waals surface area contributed by atoms with Crippen molar-refractivity contribution in [1.29, 1.82) is 0 Å². The molecule has 8 heteroatoms. The number of fused-ring (bicyclic) bond motifs is 1. The number of aromatic nitrogens is 1. The summed E-state index contributed by atoms with van der Waals surface area (Å²) in [5.74, 6) is 0.937. The Morgan fingerprint density at radius 1 is 1.17 bits per heavy atom. The number of rotatable bonds is 7. The number of H-pyrrole nitrogens is 1. The Morgan fingerprint density at radius 3 is 2.50 bits per heavy atom. The van der Waals surface area contributed by atoms with Gasteiger partial charge >= 0.3 is 0 Å². The molecular formula is C22H26ClN5O2. The second-order valence-electron chi connectivity index (χ2n) is 6.82. The molecule has 0 bridgehead atoms. The molecule has 158 valence electrons. The molecule has 2 aromatic carbocycles. The van der Waals surface area contributed by atoms with Gasteiger partial charge in [0.05, 0.1) is 10.5 Å². The first kappa shape index (κ1) is 21.7. The summed E-state index contributed by atoms with van der Waals surface area (Å²) in [4.78, 5) is 21.4. The number of nitrogens with two attached hydrogens (primary N) is 1. The molecule has 0 aliphatic heterocycles. The standard InChI is InChI=1S/C22H26ClN5O2/c1-4-28(5-2)13-14-6-8-15(9-7-14)30-16-10-18(23)17-12-20(26-19(17)11-16)21(29)27-22(24)25-3/h6-12,26H,4-5,13H2,1-3H3,(H3,24,25,27,29).